The van der Waals surface area contributed by atoms with Crippen LogP contribution in [0.1, 0.15) is 13.8 Å². The van der Waals surface area contributed by atoms with E-state index in [2.05, 4.69) is 4.65 Å². The molecule has 2 N–H and O–H groups in total. The summed E-state index contributed by atoms with van der Waals surface area (Å²) in [6.07, 6.45) is 1.64. The Labute approximate surface area is 48.8 Å². The summed E-state index contributed by atoms with van der Waals surface area (Å²) >= 11 is 0. The summed E-state index contributed by atoms with van der Waals surface area (Å²) in [7, 11) is -1.69. The number of allylic oxidation sites excluding steroid dienone is 2. The predicted octanol–water partition coefficient (Wildman–Crippen LogP) is -0.104. The van der Waals surface area contributed by atoms with Gasteiger partial charge in [0.15, 0.2) is 0 Å². The highest BCUT2D eigenvalue weighted by molar-refractivity contribution is 6.33. The van der Waals surface area contributed by atoms with Crippen LogP contribution in [-0.2, 0) is 4.65 Å². The van der Waals surface area contributed by atoms with Gasteiger partial charge in [-0.05, 0) is 13.8 Å². The van der Waals surface area contributed by atoms with Crippen molar-refractivity contribution in [2.75, 3.05) is 0 Å². The minimum atomic E-state index is -1.69. The molecule has 8 heavy (non-hydrogen) atoms. The second kappa shape index (κ2) is 3.52. The predicted molar refractivity (Wildman–Crippen MR) is 30.7 cm³/mol. The van der Waals surface area contributed by atoms with E-state index in [0.717, 1.165) is 0 Å². The van der Waals surface area contributed by atoms with Crippen LogP contribution in [0, 0.1) is 0 Å². The zero-order chi connectivity index (χ0) is 6.57. The van der Waals surface area contributed by atoms with Crippen molar-refractivity contribution in [3.05, 3.63) is 11.8 Å². The Morgan fingerprint density at radius 1 is 1.62 bits per heavy atom. The molecule has 0 heterocycles. The number of hydrogen-bond acceptors (Lipinski definition) is 3. The van der Waals surface area contributed by atoms with Gasteiger partial charge in [-0.3, -0.25) is 0 Å². The lowest BCUT2D eigenvalue weighted by Gasteiger charge is -2.00. The average molecular weight is 116 g/mol. The van der Waals surface area contributed by atoms with E-state index in [4.69, 9.17) is 10.0 Å². The van der Waals surface area contributed by atoms with Crippen LogP contribution in [0.2, 0.25) is 0 Å². The van der Waals surface area contributed by atoms with Gasteiger partial charge in [0.05, 0.1) is 5.76 Å². The maximum atomic E-state index is 8.15. The number of rotatable bonds is 2. The third kappa shape index (κ3) is 3.71. The molecule has 0 aromatic rings. The molecule has 0 saturated heterocycles. The van der Waals surface area contributed by atoms with Crippen LogP contribution < -0.4 is 0 Å². The molecular formula is C4H9BO3. The Balaban J connectivity index is 3.39. The van der Waals surface area contributed by atoms with E-state index in [9.17, 15) is 0 Å². The van der Waals surface area contributed by atoms with Gasteiger partial charge in [-0.15, -0.1) is 0 Å². The van der Waals surface area contributed by atoms with Crippen LogP contribution in [0.25, 0.3) is 0 Å². The van der Waals surface area contributed by atoms with Gasteiger partial charge >= 0.3 is 7.32 Å². The molecule has 4 heteroatoms. The highest BCUT2D eigenvalue weighted by Crippen LogP contribution is 1.92. The van der Waals surface area contributed by atoms with Gasteiger partial charge in [-0.1, -0.05) is 6.08 Å². The second-order valence-corrected chi connectivity index (χ2v) is 1.34. The Bertz CT molecular complexity index is 89.3. The Hall–Kier alpha value is -0.475. The van der Waals surface area contributed by atoms with Crippen LogP contribution in [-0.4, -0.2) is 17.4 Å². The van der Waals surface area contributed by atoms with Crippen molar-refractivity contribution in [2.24, 2.45) is 0 Å². The normalized spacial score (nSPS) is 11.2. The lowest BCUT2D eigenvalue weighted by atomic mass is 10.2. The van der Waals surface area contributed by atoms with E-state index in [1.165, 1.54) is 0 Å². The highest BCUT2D eigenvalue weighted by atomic mass is 16.6. The Morgan fingerprint density at radius 2 is 2.12 bits per heavy atom. The van der Waals surface area contributed by atoms with Gasteiger partial charge in [0.1, 0.15) is 0 Å². The van der Waals surface area contributed by atoms with Gasteiger partial charge in [0.2, 0.25) is 0 Å². The molecule has 0 spiro atoms. The van der Waals surface area contributed by atoms with Gasteiger partial charge in [0.25, 0.3) is 0 Å². The summed E-state index contributed by atoms with van der Waals surface area (Å²) in [6.45, 7) is 3.39. The quantitative estimate of drug-likeness (QED) is 0.391. The van der Waals surface area contributed by atoms with Crippen molar-refractivity contribution in [3.63, 3.8) is 0 Å². The van der Waals surface area contributed by atoms with Gasteiger partial charge < -0.3 is 14.7 Å². The topological polar surface area (TPSA) is 49.7 Å². The third-order valence-corrected chi connectivity index (χ3v) is 0.698. The molecule has 0 amide bonds. The van der Waals surface area contributed by atoms with Crippen molar-refractivity contribution < 1.29 is 14.7 Å². The molecule has 0 fully saturated rings. The van der Waals surface area contributed by atoms with E-state index < -0.39 is 7.32 Å². The number of hydrogen-bond donors (Lipinski definition) is 2. The third-order valence-electron chi connectivity index (χ3n) is 0.698. The molecule has 46 valence electrons. The summed E-state index contributed by atoms with van der Waals surface area (Å²) in [5.74, 6) is 0.500. The average Bonchev–Trinajstić information content (AvgIpc) is 1.65. The molecule has 0 saturated carbocycles. The van der Waals surface area contributed by atoms with Crippen molar-refractivity contribution in [2.45, 2.75) is 13.8 Å². The molecule has 0 aliphatic carbocycles. The Morgan fingerprint density at radius 3 is 2.25 bits per heavy atom. The lowest BCUT2D eigenvalue weighted by molar-refractivity contribution is 0.238. The molecule has 0 aliphatic rings. The highest BCUT2D eigenvalue weighted by Gasteiger charge is 2.08. The molecule has 0 aliphatic heterocycles. The molecule has 0 atom stereocenters. The first-order valence-electron chi connectivity index (χ1n) is 2.32. The largest absolute Gasteiger partial charge is 0.707 e. The maximum absolute atomic E-state index is 8.15. The summed E-state index contributed by atoms with van der Waals surface area (Å²) in [6, 6.07) is 0. The zero-order valence-corrected chi connectivity index (χ0v) is 4.96. The van der Waals surface area contributed by atoms with Crippen LogP contribution in [0.3, 0.4) is 0 Å². The molecule has 0 rings (SSSR count). The van der Waals surface area contributed by atoms with E-state index in [1.807, 2.05) is 0 Å². The first-order valence-corrected chi connectivity index (χ1v) is 2.32. The van der Waals surface area contributed by atoms with Crippen molar-refractivity contribution in [1.82, 2.24) is 0 Å². The fraction of sp³-hybridized carbons (Fsp3) is 0.500. The zero-order valence-electron chi connectivity index (χ0n) is 4.96. The van der Waals surface area contributed by atoms with E-state index >= 15 is 0 Å². The SMILES string of the molecule is CC=C(C)OB(O)O. The van der Waals surface area contributed by atoms with Gasteiger partial charge in [0, 0.05) is 0 Å². The van der Waals surface area contributed by atoms with E-state index in [-0.39, 0.29) is 0 Å². The van der Waals surface area contributed by atoms with Crippen LogP contribution in [0.5, 0.6) is 0 Å². The Kier molecular flexibility index (Phi) is 3.31. The molecule has 3 nitrogen and oxygen atoms in total. The van der Waals surface area contributed by atoms with Crippen LogP contribution >= 0.6 is 0 Å². The molecule has 0 unspecified atom stereocenters. The molecule has 0 aromatic heterocycles. The molecular weight excluding hydrogens is 107 g/mol. The lowest BCUT2D eigenvalue weighted by Crippen LogP contribution is -2.15. The second-order valence-electron chi connectivity index (χ2n) is 1.34. The molecule has 0 radical (unpaired) electrons. The van der Waals surface area contributed by atoms with Crippen LogP contribution in [0.4, 0.5) is 0 Å². The van der Waals surface area contributed by atoms with Crippen molar-refractivity contribution >= 4 is 7.32 Å². The first kappa shape index (κ1) is 7.52. The minimum Gasteiger partial charge on any atom is -0.516 e. The summed E-state index contributed by atoms with van der Waals surface area (Å²) < 4.78 is 4.37. The van der Waals surface area contributed by atoms with Crippen molar-refractivity contribution in [1.29, 1.82) is 0 Å². The maximum Gasteiger partial charge on any atom is 0.707 e. The fourth-order valence-corrected chi connectivity index (χ4v) is 0.234. The van der Waals surface area contributed by atoms with Gasteiger partial charge in [-0.2, -0.15) is 0 Å². The van der Waals surface area contributed by atoms with Crippen LogP contribution in [0.15, 0.2) is 11.8 Å². The van der Waals surface area contributed by atoms with Gasteiger partial charge in [-0.25, -0.2) is 0 Å². The summed E-state index contributed by atoms with van der Waals surface area (Å²) in [5, 5.41) is 16.3. The van der Waals surface area contributed by atoms with E-state index in [1.54, 1.807) is 19.9 Å². The molecule has 0 bridgehead atoms. The fourth-order valence-electron chi connectivity index (χ4n) is 0.234. The summed E-state index contributed by atoms with van der Waals surface area (Å²) in [5.41, 5.74) is 0. The molecule has 0 aromatic carbocycles. The summed E-state index contributed by atoms with van der Waals surface area (Å²) in [4.78, 5) is 0. The minimum absolute atomic E-state index is 0.500. The monoisotopic (exact) mass is 116 g/mol. The van der Waals surface area contributed by atoms with Crippen molar-refractivity contribution in [3.8, 4) is 0 Å². The standard InChI is InChI=1S/C4H9BO3/c1-3-4(2)8-5(6)7/h3,6-7H,1-2H3. The first-order chi connectivity index (χ1) is 3.66. The smallest absolute Gasteiger partial charge is 0.516 e. The van der Waals surface area contributed by atoms with E-state index in [0.29, 0.717) is 5.76 Å².